The minimum Gasteiger partial charge on any atom is -0.375 e. The topological polar surface area (TPSA) is 86.3 Å². The zero-order valence-electron chi connectivity index (χ0n) is 16.1. The van der Waals surface area contributed by atoms with Crippen molar-refractivity contribution in [3.8, 4) is 0 Å². The molecule has 3 rings (SSSR count). The molecule has 26 heavy (non-hydrogen) atoms. The second kappa shape index (κ2) is 8.95. The fourth-order valence-corrected chi connectivity index (χ4v) is 3.91. The largest absolute Gasteiger partial charge is 0.375 e. The highest BCUT2D eigenvalue weighted by molar-refractivity contribution is 5.92. The number of hydrogen-bond donors (Lipinski definition) is 1. The van der Waals surface area contributed by atoms with Crippen LogP contribution in [0.4, 0.5) is 0 Å². The number of nitrogens with two attached hydrogens (primary N) is 1. The molecule has 1 aromatic heterocycles. The van der Waals surface area contributed by atoms with Crippen LogP contribution in [0.25, 0.3) is 0 Å². The molecule has 2 heterocycles. The molecule has 0 bridgehead atoms. The zero-order valence-corrected chi connectivity index (χ0v) is 16.1. The van der Waals surface area contributed by atoms with E-state index in [0.29, 0.717) is 43.4 Å². The number of nitrogens with zero attached hydrogens (tertiary/aromatic N) is 4. The van der Waals surface area contributed by atoms with E-state index in [1.807, 2.05) is 15.8 Å². The van der Waals surface area contributed by atoms with Crippen LogP contribution in [-0.4, -0.2) is 57.6 Å². The first kappa shape index (κ1) is 19.3. The van der Waals surface area contributed by atoms with Crippen LogP contribution in [0.1, 0.15) is 75.3 Å². The molecule has 2 aliphatic rings. The lowest BCUT2D eigenvalue weighted by Crippen LogP contribution is -2.45. The minimum atomic E-state index is -0.0269. The summed E-state index contributed by atoms with van der Waals surface area (Å²) < 4.78 is 7.70. The van der Waals surface area contributed by atoms with Gasteiger partial charge in [0.15, 0.2) is 5.69 Å². The molecule has 0 spiro atoms. The Morgan fingerprint density at radius 1 is 1.35 bits per heavy atom. The lowest BCUT2D eigenvalue weighted by molar-refractivity contribution is -0.0262. The van der Waals surface area contributed by atoms with Gasteiger partial charge in [0.2, 0.25) is 0 Å². The molecule has 1 atom stereocenters. The van der Waals surface area contributed by atoms with Gasteiger partial charge in [-0.05, 0) is 38.0 Å². The maximum Gasteiger partial charge on any atom is 0.276 e. The number of ether oxygens (including phenoxy) is 1. The fraction of sp³-hybridized carbons (Fsp3) is 0.842. The van der Waals surface area contributed by atoms with E-state index in [1.54, 1.807) is 0 Å². The molecule has 1 saturated carbocycles. The quantitative estimate of drug-likeness (QED) is 0.838. The minimum absolute atomic E-state index is 0.0269. The molecular formula is C19H33N5O2. The highest BCUT2D eigenvalue weighted by Gasteiger charge is 2.28. The van der Waals surface area contributed by atoms with Gasteiger partial charge in [-0.3, -0.25) is 4.79 Å². The molecule has 1 aliphatic carbocycles. The van der Waals surface area contributed by atoms with Crippen molar-refractivity contribution in [1.82, 2.24) is 19.9 Å². The van der Waals surface area contributed by atoms with Gasteiger partial charge in [-0.2, -0.15) is 0 Å². The Kier molecular flexibility index (Phi) is 6.64. The van der Waals surface area contributed by atoms with Gasteiger partial charge in [0.05, 0.1) is 24.9 Å². The monoisotopic (exact) mass is 363 g/mol. The fourth-order valence-electron chi connectivity index (χ4n) is 3.91. The number of hydrogen-bond acceptors (Lipinski definition) is 5. The molecule has 1 aromatic rings. The van der Waals surface area contributed by atoms with Crippen molar-refractivity contribution < 1.29 is 9.53 Å². The third-order valence-corrected chi connectivity index (χ3v) is 5.58. The number of amides is 1. The second-order valence-corrected chi connectivity index (χ2v) is 8.22. The lowest BCUT2D eigenvalue weighted by Gasteiger charge is -2.32. The Balaban J connectivity index is 1.53. The predicted molar refractivity (Wildman–Crippen MR) is 99.8 cm³/mol. The van der Waals surface area contributed by atoms with Crippen molar-refractivity contribution in [2.45, 2.75) is 77.0 Å². The Morgan fingerprint density at radius 3 is 2.85 bits per heavy atom. The molecule has 7 nitrogen and oxygen atoms in total. The van der Waals surface area contributed by atoms with Crippen LogP contribution in [0, 0.1) is 5.92 Å². The summed E-state index contributed by atoms with van der Waals surface area (Å²) in [4.78, 5) is 14.7. The summed E-state index contributed by atoms with van der Waals surface area (Å²) in [5, 5.41) is 8.36. The van der Waals surface area contributed by atoms with Gasteiger partial charge in [0.25, 0.3) is 5.91 Å². The average Bonchev–Trinajstić information content (AvgIpc) is 3.12. The molecule has 1 amide bonds. The van der Waals surface area contributed by atoms with Crippen molar-refractivity contribution in [3.63, 3.8) is 0 Å². The maximum atomic E-state index is 12.8. The molecule has 2 fully saturated rings. The van der Waals surface area contributed by atoms with E-state index in [1.165, 1.54) is 6.42 Å². The first-order chi connectivity index (χ1) is 12.5. The Hall–Kier alpha value is -1.47. The number of aromatic nitrogens is 3. The highest BCUT2D eigenvalue weighted by Crippen LogP contribution is 2.27. The highest BCUT2D eigenvalue weighted by atomic mass is 16.5. The van der Waals surface area contributed by atoms with Crippen LogP contribution in [0.3, 0.4) is 0 Å². The number of carbonyl (C=O) groups is 1. The van der Waals surface area contributed by atoms with Crippen molar-refractivity contribution in [2.75, 3.05) is 19.7 Å². The molecule has 2 N–H and O–H groups in total. The standard InChI is InChI=1S/C19H33N5O2/c1-14(2)4-3-5-17-12-23(10-11-26-17)19(25)18-13-24(22-21-18)16-8-6-15(20)7-9-16/h13-17H,3-12,20H2,1-2H3/t15?,16?,17-/m1/s1. The van der Waals surface area contributed by atoms with Gasteiger partial charge in [-0.1, -0.05) is 31.9 Å². The van der Waals surface area contributed by atoms with Crippen molar-refractivity contribution >= 4 is 5.91 Å². The smallest absolute Gasteiger partial charge is 0.276 e. The van der Waals surface area contributed by atoms with Crippen molar-refractivity contribution in [1.29, 1.82) is 0 Å². The van der Waals surface area contributed by atoms with Gasteiger partial charge < -0.3 is 15.4 Å². The van der Waals surface area contributed by atoms with Crippen LogP contribution in [0.2, 0.25) is 0 Å². The summed E-state index contributed by atoms with van der Waals surface area (Å²) in [6, 6.07) is 0.620. The number of carbonyl (C=O) groups excluding carboxylic acids is 1. The van der Waals surface area contributed by atoms with Gasteiger partial charge in [-0.25, -0.2) is 4.68 Å². The molecule has 1 saturated heterocycles. The summed E-state index contributed by atoms with van der Waals surface area (Å²) in [6.45, 7) is 6.36. The van der Waals surface area contributed by atoms with E-state index >= 15 is 0 Å². The maximum absolute atomic E-state index is 12.8. The Morgan fingerprint density at radius 2 is 2.12 bits per heavy atom. The van der Waals surface area contributed by atoms with Crippen LogP contribution in [-0.2, 0) is 4.74 Å². The summed E-state index contributed by atoms with van der Waals surface area (Å²) in [7, 11) is 0. The van der Waals surface area contributed by atoms with Gasteiger partial charge in [0.1, 0.15) is 0 Å². The van der Waals surface area contributed by atoms with E-state index in [4.69, 9.17) is 10.5 Å². The Labute approximate surface area is 156 Å². The van der Waals surface area contributed by atoms with Crippen molar-refractivity contribution in [3.05, 3.63) is 11.9 Å². The lowest BCUT2D eigenvalue weighted by atomic mass is 9.92. The van der Waals surface area contributed by atoms with Gasteiger partial charge >= 0.3 is 0 Å². The van der Waals surface area contributed by atoms with Crippen LogP contribution >= 0.6 is 0 Å². The molecule has 146 valence electrons. The van der Waals surface area contributed by atoms with E-state index in [2.05, 4.69) is 24.2 Å². The van der Waals surface area contributed by atoms with E-state index in [9.17, 15) is 4.79 Å². The molecule has 0 aromatic carbocycles. The molecule has 7 heteroatoms. The average molecular weight is 364 g/mol. The molecular weight excluding hydrogens is 330 g/mol. The van der Waals surface area contributed by atoms with Crippen LogP contribution < -0.4 is 5.73 Å². The Bertz CT molecular complexity index is 580. The third kappa shape index (κ3) is 5.04. The SMILES string of the molecule is CC(C)CCC[C@@H]1CN(C(=O)c2cn(C3CCC(N)CC3)nn2)CCO1. The van der Waals surface area contributed by atoms with E-state index < -0.39 is 0 Å². The summed E-state index contributed by atoms with van der Waals surface area (Å²) >= 11 is 0. The second-order valence-electron chi connectivity index (χ2n) is 8.22. The van der Waals surface area contributed by atoms with Gasteiger partial charge in [0, 0.05) is 19.1 Å². The number of morpholine rings is 1. The van der Waals surface area contributed by atoms with E-state index in [0.717, 1.165) is 38.5 Å². The molecule has 1 aliphatic heterocycles. The third-order valence-electron chi connectivity index (χ3n) is 5.58. The zero-order chi connectivity index (χ0) is 18.5. The summed E-state index contributed by atoms with van der Waals surface area (Å²) in [6.07, 6.45) is 9.34. The normalized spacial score (nSPS) is 27.1. The van der Waals surface area contributed by atoms with Crippen LogP contribution in [0.15, 0.2) is 6.20 Å². The summed E-state index contributed by atoms with van der Waals surface area (Å²) in [5.41, 5.74) is 6.42. The van der Waals surface area contributed by atoms with E-state index in [-0.39, 0.29) is 12.0 Å². The molecule has 0 radical (unpaired) electrons. The predicted octanol–water partition coefficient (Wildman–Crippen LogP) is 2.39. The first-order valence-corrected chi connectivity index (χ1v) is 10.1. The summed E-state index contributed by atoms with van der Waals surface area (Å²) in [5.74, 6) is 0.682. The van der Waals surface area contributed by atoms with Crippen molar-refractivity contribution in [2.24, 2.45) is 11.7 Å². The molecule has 0 unspecified atom stereocenters. The number of rotatable bonds is 6. The van der Waals surface area contributed by atoms with Gasteiger partial charge in [-0.15, -0.1) is 5.10 Å². The first-order valence-electron chi connectivity index (χ1n) is 10.1. The van der Waals surface area contributed by atoms with Crippen LogP contribution in [0.5, 0.6) is 0 Å².